The molecule has 3 nitrogen and oxygen atoms in total. The summed E-state index contributed by atoms with van der Waals surface area (Å²) in [5.74, 6) is 0. The van der Waals surface area contributed by atoms with Gasteiger partial charge in [-0.1, -0.05) is 0 Å². The van der Waals surface area contributed by atoms with Crippen molar-refractivity contribution in [1.82, 2.24) is 0 Å². The second-order valence-corrected chi connectivity index (χ2v) is 0.283. The third-order valence-corrected chi connectivity index (χ3v) is 0. The van der Waals surface area contributed by atoms with Gasteiger partial charge in [0, 0.05) is 71.9 Å². The summed E-state index contributed by atoms with van der Waals surface area (Å²) in [5.41, 5.74) is 0. The zero-order chi connectivity index (χ0) is 3.58. The van der Waals surface area contributed by atoms with Crippen LogP contribution in [-0.4, -0.2) is 45.9 Å². The van der Waals surface area contributed by atoms with Crippen molar-refractivity contribution in [1.29, 1.82) is 0 Å². The van der Waals surface area contributed by atoms with Gasteiger partial charge in [0.15, 0.2) is 0 Å². The topological polar surface area (TPSA) is 57.5 Å². The van der Waals surface area contributed by atoms with Gasteiger partial charge in [0.25, 0.3) is 0 Å². The predicted molar refractivity (Wildman–Crippen MR) is 17.8 cm³/mol. The summed E-state index contributed by atoms with van der Waals surface area (Å²) in [4.78, 5) is 8.56. The minimum absolute atomic E-state index is 0. The predicted octanol–water partition coefficient (Wildman–Crippen LogP) is -0.426. The molecule has 0 radical (unpaired) electrons. The molecule has 0 fully saturated rings. The van der Waals surface area contributed by atoms with Gasteiger partial charge < -0.3 is 10.2 Å². The van der Waals surface area contributed by atoms with Crippen molar-refractivity contribution in [3.05, 3.63) is 0 Å². The van der Waals surface area contributed by atoms with Crippen LogP contribution in [0.1, 0.15) is 0 Å². The number of hydrogen-bond acceptors (Lipinski definition) is 1. The van der Waals surface area contributed by atoms with Crippen LogP contribution < -0.4 is 0 Å². The van der Waals surface area contributed by atoms with E-state index < -0.39 is 6.16 Å². The third-order valence-electron chi connectivity index (χ3n) is 0. The van der Waals surface area contributed by atoms with E-state index in [4.69, 9.17) is 15.0 Å². The summed E-state index contributed by atoms with van der Waals surface area (Å²) >= 11 is 0. The average molecular weight is 308 g/mol. The summed E-state index contributed by atoms with van der Waals surface area (Å²) < 4.78 is 0. The van der Waals surface area contributed by atoms with E-state index in [0.29, 0.717) is 0 Å². The van der Waals surface area contributed by atoms with Gasteiger partial charge in [-0.05, 0) is 0 Å². The first-order valence-electron chi connectivity index (χ1n) is 0.651. The molecule has 0 aromatic rings. The van der Waals surface area contributed by atoms with Gasteiger partial charge in [0.05, 0.1) is 0 Å². The van der Waals surface area contributed by atoms with Crippen molar-refractivity contribution in [2.24, 2.45) is 0 Å². The molecule has 0 atom stereocenters. The normalized spacial score (nSPS) is 4.00. The van der Waals surface area contributed by atoms with Gasteiger partial charge in [-0.2, -0.15) is 0 Å². The first kappa shape index (κ1) is 15.8. The SMILES string of the molecule is O=C(O)O.[NaH].[Rn]. The molecule has 0 amide bonds. The van der Waals surface area contributed by atoms with E-state index in [9.17, 15) is 0 Å². The fraction of sp³-hybridized carbons (Fsp3) is 0. The Balaban J connectivity index is -0.0000000450. The van der Waals surface area contributed by atoms with E-state index in [-0.39, 0.29) is 101 Å². The van der Waals surface area contributed by atoms with Crippen molar-refractivity contribution in [2.75, 3.05) is 0 Å². The van der Waals surface area contributed by atoms with Crippen molar-refractivity contribution >= 4 is 35.7 Å². The Morgan fingerprint density at radius 2 is 1.33 bits per heavy atom. The average Bonchev–Trinajstić information content (AvgIpc) is 0.811. The van der Waals surface area contributed by atoms with Crippen LogP contribution >= 0.6 is 0 Å². The van der Waals surface area contributed by atoms with Gasteiger partial charge in [-0.15, -0.1) is 0 Å². The molecule has 0 aliphatic heterocycles. The number of hydrogen-bond donors (Lipinski definition) is 2. The van der Waals surface area contributed by atoms with Crippen molar-refractivity contribution < 1.29 is 86.9 Å². The second kappa shape index (κ2) is 10.4. The maximum absolute atomic E-state index is 8.56. The van der Waals surface area contributed by atoms with Crippen LogP contribution in [0.3, 0.4) is 0 Å². The fourth-order valence-electron chi connectivity index (χ4n) is 0. The minimum atomic E-state index is -1.83. The maximum atomic E-state index is 8.56. The smallest absolute Gasteiger partial charge is 0 e. The largest absolute Gasteiger partial charge is 0 e. The van der Waals surface area contributed by atoms with E-state index in [1.807, 2.05) is 0 Å². The zero-order valence-corrected chi connectivity index (χ0v) is 4.91. The summed E-state index contributed by atoms with van der Waals surface area (Å²) in [5, 5.41) is 13.9. The Bertz CT molecular complexity index is 33.8. The van der Waals surface area contributed by atoms with Crippen LogP contribution in [0.5, 0.6) is 0 Å². The molecular weight excluding hydrogens is 305 g/mol. The van der Waals surface area contributed by atoms with Gasteiger partial charge in [-0.25, -0.2) is 4.79 Å². The molecular formula is CH3NaO3Rn. The first-order valence-corrected chi connectivity index (χ1v) is 0.651. The monoisotopic (exact) mass is 308 g/mol. The molecule has 5 heteroatoms. The van der Waals surface area contributed by atoms with Gasteiger partial charge >= 0.3 is 35.7 Å². The molecule has 0 saturated carbocycles. The molecule has 0 bridgehead atoms. The Morgan fingerprint density at radius 1 is 1.33 bits per heavy atom. The Morgan fingerprint density at radius 3 is 1.33 bits per heavy atom. The third kappa shape index (κ3) is 32.5. The summed E-state index contributed by atoms with van der Waals surface area (Å²) in [6.45, 7) is 0. The molecule has 2 N–H and O–H groups in total. The van der Waals surface area contributed by atoms with E-state index in [0.717, 1.165) is 0 Å². The van der Waals surface area contributed by atoms with Crippen LogP contribution in [-0.2, 0) is 0 Å². The Labute approximate surface area is 119 Å². The molecule has 6 heavy (non-hydrogen) atoms. The molecule has 0 heterocycles. The molecule has 0 aliphatic rings. The molecule has 0 unspecified atom stereocenters. The summed E-state index contributed by atoms with van der Waals surface area (Å²) in [6, 6.07) is 0. The maximum Gasteiger partial charge on any atom is 0 e. The molecule has 34 valence electrons. The van der Waals surface area contributed by atoms with Crippen LogP contribution in [0, 0.1) is 71.9 Å². The van der Waals surface area contributed by atoms with E-state index >= 15 is 0 Å². The van der Waals surface area contributed by atoms with Crippen LogP contribution in [0.15, 0.2) is 0 Å². The summed E-state index contributed by atoms with van der Waals surface area (Å²) in [7, 11) is 0. The molecule has 0 aromatic heterocycles. The summed E-state index contributed by atoms with van der Waals surface area (Å²) in [6.07, 6.45) is -1.83. The van der Waals surface area contributed by atoms with Gasteiger partial charge in [0.2, 0.25) is 0 Å². The number of carbonyl (C=O) groups is 1. The second-order valence-electron chi connectivity index (χ2n) is 0.283. The van der Waals surface area contributed by atoms with Crippen LogP contribution in [0.25, 0.3) is 0 Å². The fourth-order valence-corrected chi connectivity index (χ4v) is 0. The quantitative estimate of drug-likeness (QED) is 0.597. The molecule has 0 rings (SSSR count). The van der Waals surface area contributed by atoms with E-state index in [2.05, 4.69) is 0 Å². The molecule has 0 spiro atoms. The molecule has 0 aliphatic carbocycles. The molecule has 0 saturated heterocycles. The van der Waals surface area contributed by atoms with Crippen molar-refractivity contribution in [2.45, 2.75) is 0 Å². The van der Waals surface area contributed by atoms with Crippen molar-refractivity contribution in [3.8, 4) is 0 Å². The Hall–Kier alpha value is 2.39. The Kier molecular flexibility index (Phi) is 27.3. The molecule has 0 aromatic carbocycles. The van der Waals surface area contributed by atoms with Crippen LogP contribution in [0.4, 0.5) is 4.79 Å². The standard InChI is InChI=1S/CH2O3.Na.Rn.H/c2-1(3)4;;;/h(H2,2,3,4);;;. The van der Waals surface area contributed by atoms with E-state index in [1.54, 1.807) is 0 Å². The number of carboxylic acid groups (broad SMARTS) is 2. The van der Waals surface area contributed by atoms with Gasteiger partial charge in [0.1, 0.15) is 0 Å². The minimum Gasteiger partial charge on any atom is 0 e. The van der Waals surface area contributed by atoms with E-state index in [1.165, 1.54) is 0 Å². The first-order chi connectivity index (χ1) is 1.73. The van der Waals surface area contributed by atoms with Crippen LogP contribution in [0.2, 0.25) is 0 Å². The zero-order valence-electron chi connectivity index (χ0n) is 2.16. The van der Waals surface area contributed by atoms with Crippen molar-refractivity contribution in [3.63, 3.8) is 0 Å². The number of rotatable bonds is 0. The van der Waals surface area contributed by atoms with Gasteiger partial charge in [-0.3, -0.25) is 0 Å².